The lowest BCUT2D eigenvalue weighted by molar-refractivity contribution is -0.116. The number of allylic oxidation sites excluding steroid dienone is 4. The van der Waals surface area contributed by atoms with E-state index in [1.54, 1.807) is 20.8 Å². The second-order valence-corrected chi connectivity index (χ2v) is 6.85. The van der Waals surface area contributed by atoms with Crippen LogP contribution in [0.15, 0.2) is 45.5 Å². The highest BCUT2D eigenvalue weighted by atomic mass is 16.1. The van der Waals surface area contributed by atoms with Gasteiger partial charge in [0.1, 0.15) is 0 Å². The molecule has 3 heteroatoms. The van der Waals surface area contributed by atoms with Gasteiger partial charge in [0.05, 0.1) is 5.69 Å². The number of benzene rings is 1. The van der Waals surface area contributed by atoms with Gasteiger partial charge < -0.3 is 0 Å². The fourth-order valence-corrected chi connectivity index (χ4v) is 3.43. The summed E-state index contributed by atoms with van der Waals surface area (Å²) in [6.45, 7) is 7.34. The zero-order valence-corrected chi connectivity index (χ0v) is 14.8. The molecule has 0 fully saturated rings. The van der Waals surface area contributed by atoms with Gasteiger partial charge in [0.15, 0.2) is 11.6 Å². The van der Waals surface area contributed by atoms with E-state index in [-0.39, 0.29) is 11.6 Å². The van der Waals surface area contributed by atoms with Crippen molar-refractivity contribution >= 4 is 23.0 Å². The summed E-state index contributed by atoms with van der Waals surface area (Å²) in [6, 6.07) is 6.39. The summed E-state index contributed by atoms with van der Waals surface area (Å²) in [4.78, 5) is 29.4. The van der Waals surface area contributed by atoms with E-state index in [0.717, 1.165) is 24.9 Å². The first kappa shape index (κ1) is 16.6. The van der Waals surface area contributed by atoms with Crippen LogP contribution in [0.25, 0.3) is 0 Å². The predicted octanol–water partition coefficient (Wildman–Crippen LogP) is 4.60. The van der Waals surface area contributed by atoms with Gasteiger partial charge in [-0.25, -0.2) is 0 Å². The number of hydrogen-bond donors (Lipinski definition) is 0. The molecule has 2 aliphatic rings. The van der Waals surface area contributed by atoms with E-state index in [2.05, 4.69) is 25.1 Å². The molecule has 3 nitrogen and oxygen atoms in total. The Morgan fingerprint density at radius 1 is 0.917 bits per heavy atom. The van der Waals surface area contributed by atoms with E-state index in [4.69, 9.17) is 4.99 Å². The minimum atomic E-state index is 0.0168. The van der Waals surface area contributed by atoms with Gasteiger partial charge in [-0.1, -0.05) is 12.1 Å². The van der Waals surface area contributed by atoms with Gasteiger partial charge in [0.25, 0.3) is 0 Å². The molecule has 0 radical (unpaired) electrons. The highest BCUT2D eigenvalue weighted by Crippen LogP contribution is 2.31. The van der Waals surface area contributed by atoms with E-state index in [1.165, 1.54) is 16.8 Å². The number of nitrogens with zero attached hydrogens (tertiary/aromatic N) is 1. The number of Topliss-reactive ketones (excluding diaryl/α,β-unsaturated/α-hetero) is 2. The lowest BCUT2D eigenvalue weighted by Gasteiger charge is -2.18. The molecule has 3 rings (SSSR count). The van der Waals surface area contributed by atoms with Gasteiger partial charge in [-0.2, -0.15) is 0 Å². The molecule has 0 amide bonds. The number of ketones is 2. The minimum Gasteiger partial charge on any atom is -0.289 e. The van der Waals surface area contributed by atoms with Crippen LogP contribution in [0.5, 0.6) is 0 Å². The van der Waals surface area contributed by atoms with Crippen molar-refractivity contribution in [3.05, 3.63) is 51.6 Å². The van der Waals surface area contributed by atoms with E-state index < -0.39 is 0 Å². The normalized spacial score (nSPS) is 17.6. The van der Waals surface area contributed by atoms with Gasteiger partial charge in [-0.3, -0.25) is 14.6 Å². The minimum absolute atomic E-state index is 0.0168. The lowest BCUT2D eigenvalue weighted by Crippen LogP contribution is -2.20. The maximum absolute atomic E-state index is 12.4. The first-order valence-corrected chi connectivity index (χ1v) is 8.51. The average molecular weight is 321 g/mol. The van der Waals surface area contributed by atoms with E-state index >= 15 is 0 Å². The molecular formula is C21H23NO2. The highest BCUT2D eigenvalue weighted by molar-refractivity contribution is 6.24. The summed E-state index contributed by atoms with van der Waals surface area (Å²) in [5.74, 6) is 0.0556. The molecule has 0 atom stereocenters. The van der Waals surface area contributed by atoms with Crippen LogP contribution < -0.4 is 0 Å². The summed E-state index contributed by atoms with van der Waals surface area (Å²) in [5, 5.41) is 0. The third kappa shape index (κ3) is 2.91. The predicted molar refractivity (Wildman–Crippen MR) is 96.9 cm³/mol. The van der Waals surface area contributed by atoms with Crippen molar-refractivity contribution in [2.75, 3.05) is 0 Å². The smallest absolute Gasteiger partial charge is 0.185 e. The molecule has 1 aromatic rings. The standard InChI is InChI=1S/C21H23NO2/c1-12-8-9-16-11-17(22-19(16)10-12)6-5-7-18-15(4)20(23)13(2)14(3)21(18)24/h8-10H,5-7,11H2,1-4H3. The van der Waals surface area contributed by atoms with Crippen molar-refractivity contribution in [2.24, 2.45) is 4.99 Å². The third-order valence-corrected chi connectivity index (χ3v) is 5.12. The average Bonchev–Trinajstić information content (AvgIpc) is 2.96. The van der Waals surface area contributed by atoms with Crippen LogP contribution in [0.2, 0.25) is 0 Å². The fraction of sp³-hybridized carbons (Fsp3) is 0.381. The Balaban J connectivity index is 1.65. The number of aryl methyl sites for hydroxylation is 1. The second-order valence-electron chi connectivity index (χ2n) is 6.85. The monoisotopic (exact) mass is 321 g/mol. The van der Waals surface area contributed by atoms with Gasteiger partial charge in [-0.15, -0.1) is 0 Å². The molecule has 24 heavy (non-hydrogen) atoms. The van der Waals surface area contributed by atoms with Crippen molar-refractivity contribution < 1.29 is 9.59 Å². The maximum Gasteiger partial charge on any atom is 0.185 e. The third-order valence-electron chi connectivity index (χ3n) is 5.12. The number of aliphatic imine (C=N–C) groups is 1. The van der Waals surface area contributed by atoms with E-state index in [1.807, 2.05) is 0 Å². The van der Waals surface area contributed by atoms with Crippen molar-refractivity contribution in [1.82, 2.24) is 0 Å². The van der Waals surface area contributed by atoms with Crippen molar-refractivity contribution in [3.63, 3.8) is 0 Å². The van der Waals surface area contributed by atoms with Gasteiger partial charge in [-0.05, 0) is 64.2 Å². The van der Waals surface area contributed by atoms with Gasteiger partial charge in [0.2, 0.25) is 0 Å². The molecule has 1 heterocycles. The first-order valence-electron chi connectivity index (χ1n) is 8.51. The van der Waals surface area contributed by atoms with Crippen LogP contribution in [0.4, 0.5) is 5.69 Å². The Morgan fingerprint density at radius 2 is 1.62 bits per heavy atom. The molecule has 0 saturated heterocycles. The molecule has 1 aliphatic carbocycles. The largest absolute Gasteiger partial charge is 0.289 e. The molecule has 0 unspecified atom stereocenters. The van der Waals surface area contributed by atoms with Crippen LogP contribution in [-0.4, -0.2) is 17.3 Å². The van der Waals surface area contributed by atoms with Crippen LogP contribution in [-0.2, 0) is 16.0 Å². The van der Waals surface area contributed by atoms with Crippen LogP contribution in [0.1, 0.15) is 51.2 Å². The topological polar surface area (TPSA) is 46.5 Å². The maximum atomic E-state index is 12.4. The molecule has 1 aromatic carbocycles. The number of fused-ring (bicyclic) bond motifs is 1. The Bertz CT molecular complexity index is 837. The summed E-state index contributed by atoms with van der Waals surface area (Å²) in [5.41, 5.74) is 7.26. The Morgan fingerprint density at radius 3 is 2.38 bits per heavy atom. The Hall–Kier alpha value is -2.29. The summed E-state index contributed by atoms with van der Waals surface area (Å²) >= 11 is 0. The number of hydrogen-bond acceptors (Lipinski definition) is 3. The molecule has 0 spiro atoms. The van der Waals surface area contributed by atoms with Gasteiger partial charge in [0, 0.05) is 34.4 Å². The second kappa shape index (κ2) is 6.31. The summed E-state index contributed by atoms with van der Waals surface area (Å²) in [7, 11) is 0. The lowest BCUT2D eigenvalue weighted by atomic mass is 9.84. The highest BCUT2D eigenvalue weighted by Gasteiger charge is 2.27. The zero-order chi connectivity index (χ0) is 17.4. The summed E-state index contributed by atoms with van der Waals surface area (Å²) in [6.07, 6.45) is 3.27. The molecule has 0 aromatic heterocycles. The van der Waals surface area contributed by atoms with Gasteiger partial charge >= 0.3 is 0 Å². The van der Waals surface area contributed by atoms with Crippen LogP contribution >= 0.6 is 0 Å². The molecule has 0 bridgehead atoms. The number of carbonyl (C=O) groups is 2. The van der Waals surface area contributed by atoms with Crippen LogP contribution in [0.3, 0.4) is 0 Å². The Kier molecular flexibility index (Phi) is 4.35. The Labute approximate surface area is 143 Å². The molecule has 124 valence electrons. The summed E-state index contributed by atoms with van der Waals surface area (Å²) < 4.78 is 0. The number of carbonyl (C=O) groups excluding carboxylic acids is 2. The fourth-order valence-electron chi connectivity index (χ4n) is 3.43. The molecule has 1 aliphatic heterocycles. The van der Waals surface area contributed by atoms with Crippen LogP contribution in [0, 0.1) is 6.92 Å². The van der Waals surface area contributed by atoms with Crippen molar-refractivity contribution in [1.29, 1.82) is 0 Å². The number of rotatable bonds is 4. The molecule has 0 N–H and O–H groups in total. The van der Waals surface area contributed by atoms with Crippen molar-refractivity contribution in [3.8, 4) is 0 Å². The zero-order valence-electron chi connectivity index (χ0n) is 14.8. The van der Waals surface area contributed by atoms with Crippen molar-refractivity contribution in [2.45, 2.75) is 53.4 Å². The first-order chi connectivity index (χ1) is 11.4. The van der Waals surface area contributed by atoms with E-state index in [9.17, 15) is 9.59 Å². The molecule has 0 saturated carbocycles. The SMILES string of the molecule is CC1=C(C)C(=O)C(CCCC2=Nc3cc(C)ccc3C2)=C(C)C1=O. The van der Waals surface area contributed by atoms with E-state index in [0.29, 0.717) is 28.7 Å². The quantitative estimate of drug-likeness (QED) is 0.761. The molecular weight excluding hydrogens is 298 g/mol.